The van der Waals surface area contributed by atoms with Gasteiger partial charge in [0.25, 0.3) is 5.91 Å². The van der Waals surface area contributed by atoms with Crippen molar-refractivity contribution in [1.29, 1.82) is 0 Å². The van der Waals surface area contributed by atoms with Gasteiger partial charge in [-0.3, -0.25) is 4.79 Å². The minimum Gasteiger partial charge on any atom is -0.506 e. The molecule has 0 radical (unpaired) electrons. The number of amides is 1. The third-order valence-electron chi connectivity index (χ3n) is 5.99. The van der Waals surface area contributed by atoms with Gasteiger partial charge in [-0.1, -0.05) is 41.9 Å². The van der Waals surface area contributed by atoms with Gasteiger partial charge >= 0.3 is 11.7 Å². The van der Waals surface area contributed by atoms with E-state index in [1.807, 2.05) is 30.3 Å². The molecule has 2 heterocycles. The minimum absolute atomic E-state index is 0.0782. The molecule has 5 aromatic rings. The maximum atomic E-state index is 13.1. The van der Waals surface area contributed by atoms with Gasteiger partial charge in [-0.05, 0) is 24.3 Å². The summed E-state index contributed by atoms with van der Waals surface area (Å²) in [6, 6.07) is 21.1. The lowest BCUT2D eigenvalue weighted by molar-refractivity contribution is -0.571. The maximum Gasteiger partial charge on any atom is 0.404 e. The normalized spacial score (nSPS) is 10.9. The number of H-pyrrole nitrogens is 1. The summed E-state index contributed by atoms with van der Waals surface area (Å²) < 4.78 is 6.76. The Morgan fingerprint density at radius 1 is 1.08 bits per heavy atom. The molecule has 0 fully saturated rings. The zero-order chi connectivity index (χ0) is 25.9. The second-order valence-electron chi connectivity index (χ2n) is 8.20. The number of imidazole rings is 1. The van der Waals surface area contributed by atoms with Gasteiger partial charge in [0.1, 0.15) is 11.6 Å². The van der Waals surface area contributed by atoms with E-state index in [1.54, 1.807) is 59.4 Å². The number of aromatic nitrogens is 3. The van der Waals surface area contributed by atoms with E-state index in [2.05, 4.69) is 15.3 Å². The number of pyridine rings is 1. The van der Waals surface area contributed by atoms with E-state index >= 15 is 0 Å². The van der Waals surface area contributed by atoms with Gasteiger partial charge in [-0.25, -0.2) is 9.78 Å². The Kier molecular flexibility index (Phi) is 6.57. The van der Waals surface area contributed by atoms with Crippen molar-refractivity contribution in [3.05, 3.63) is 107 Å². The summed E-state index contributed by atoms with van der Waals surface area (Å²) in [7, 11) is 1.26. The average molecular weight is 514 g/mol. The molecule has 3 aromatic carbocycles. The number of hydrogen-bond acceptors (Lipinski definition) is 5. The number of aromatic amines is 1. The Bertz CT molecular complexity index is 1600. The van der Waals surface area contributed by atoms with Crippen molar-refractivity contribution in [2.75, 3.05) is 7.11 Å². The first-order valence-electron chi connectivity index (χ1n) is 11.4. The summed E-state index contributed by atoms with van der Waals surface area (Å²) in [5.74, 6) is -0.495. The first-order valence-corrected chi connectivity index (χ1v) is 11.8. The highest BCUT2D eigenvalue weighted by molar-refractivity contribution is 6.31. The van der Waals surface area contributed by atoms with Crippen LogP contribution in [0.5, 0.6) is 5.75 Å². The summed E-state index contributed by atoms with van der Waals surface area (Å²) in [4.78, 5) is 33.3. The van der Waals surface area contributed by atoms with Crippen LogP contribution in [0.25, 0.3) is 28.0 Å². The molecule has 0 spiro atoms. The van der Waals surface area contributed by atoms with Gasteiger partial charge in [0.15, 0.2) is 0 Å². The van der Waals surface area contributed by atoms with Crippen LogP contribution in [0.15, 0.2) is 85.2 Å². The number of carbonyl (C=O) groups is 2. The molecule has 0 bridgehead atoms. The van der Waals surface area contributed by atoms with Crippen molar-refractivity contribution < 1.29 is 24.0 Å². The van der Waals surface area contributed by atoms with Crippen LogP contribution in [0.3, 0.4) is 0 Å². The third-order valence-corrected chi connectivity index (χ3v) is 6.22. The van der Waals surface area contributed by atoms with Gasteiger partial charge in [0, 0.05) is 46.7 Å². The van der Waals surface area contributed by atoms with Crippen LogP contribution in [0.2, 0.25) is 5.02 Å². The molecule has 0 saturated carbocycles. The van der Waals surface area contributed by atoms with E-state index in [9.17, 15) is 14.7 Å². The van der Waals surface area contributed by atoms with Gasteiger partial charge < -0.3 is 20.1 Å². The van der Waals surface area contributed by atoms with Crippen LogP contribution >= 0.6 is 11.6 Å². The quantitative estimate of drug-likeness (QED) is 0.227. The molecule has 3 N–H and O–H groups in total. The second-order valence-corrected chi connectivity index (χ2v) is 8.63. The number of fused-ring (bicyclic) bond motifs is 1. The molecule has 184 valence electrons. The fourth-order valence-electron chi connectivity index (χ4n) is 4.22. The van der Waals surface area contributed by atoms with Crippen molar-refractivity contribution in [2.45, 2.75) is 6.54 Å². The number of esters is 1. The minimum atomic E-state index is -0.673. The van der Waals surface area contributed by atoms with Gasteiger partial charge in [0.05, 0.1) is 24.6 Å². The molecule has 0 aliphatic rings. The Morgan fingerprint density at radius 3 is 2.51 bits per heavy atom. The molecule has 0 unspecified atom stereocenters. The largest absolute Gasteiger partial charge is 0.506 e. The Balaban J connectivity index is 1.57. The highest BCUT2D eigenvalue weighted by Gasteiger charge is 2.34. The fourth-order valence-corrected chi connectivity index (χ4v) is 4.38. The van der Waals surface area contributed by atoms with Crippen molar-refractivity contribution >= 4 is 34.4 Å². The number of halogens is 1. The monoisotopic (exact) mass is 513 g/mol. The Hall–Kier alpha value is -4.69. The van der Waals surface area contributed by atoms with Crippen molar-refractivity contribution in [2.24, 2.45) is 0 Å². The zero-order valence-corrected chi connectivity index (χ0v) is 20.5. The van der Waals surface area contributed by atoms with E-state index < -0.39 is 5.97 Å². The zero-order valence-electron chi connectivity index (χ0n) is 19.7. The lowest BCUT2D eigenvalue weighted by Gasteiger charge is -2.14. The molecule has 37 heavy (non-hydrogen) atoms. The topological polar surface area (TPSA) is 108 Å². The lowest BCUT2D eigenvalue weighted by atomic mass is 10.0. The molecule has 2 aromatic heterocycles. The SMILES string of the molecule is COC(=O)c1c(CNC(=O)c2ccc(-c3ncc[nH]3)cc2)c(O)c2ccc(Cl)cc2[n+]1-c1ccccc1. The number of aromatic hydroxyl groups is 1. The highest BCUT2D eigenvalue weighted by Crippen LogP contribution is 2.32. The lowest BCUT2D eigenvalue weighted by Crippen LogP contribution is -2.41. The van der Waals surface area contributed by atoms with E-state index in [4.69, 9.17) is 16.3 Å². The van der Waals surface area contributed by atoms with Crippen LogP contribution in [0, 0.1) is 0 Å². The number of nitrogens with zero attached hydrogens (tertiary/aromatic N) is 2. The second kappa shape index (κ2) is 10.1. The summed E-state index contributed by atoms with van der Waals surface area (Å²) in [5, 5.41) is 15.0. The summed E-state index contributed by atoms with van der Waals surface area (Å²) in [5.41, 5.74) is 2.72. The number of methoxy groups -OCH3 is 1. The third kappa shape index (κ3) is 4.62. The standard InChI is InChI=1S/C28H21ClN4O4/c1-37-28(36)24-22(16-32-27(35)18-9-7-17(8-10-18)26-30-13-14-31-26)25(34)21-12-11-19(29)15-23(21)33(24)20-5-3-2-4-6-20/h2-15H,16H2,1H3,(H2,30,31,32,35)/p+1. The molecule has 5 rings (SSSR count). The summed E-state index contributed by atoms with van der Waals surface area (Å²) in [6.45, 7) is -0.125. The van der Waals surface area contributed by atoms with Crippen LogP contribution in [-0.4, -0.2) is 34.1 Å². The van der Waals surface area contributed by atoms with Crippen LogP contribution in [0.1, 0.15) is 26.4 Å². The fraction of sp³-hybridized carbons (Fsp3) is 0.0714. The maximum absolute atomic E-state index is 13.1. The van der Waals surface area contributed by atoms with E-state index in [1.165, 1.54) is 7.11 Å². The van der Waals surface area contributed by atoms with Crippen LogP contribution in [0.4, 0.5) is 0 Å². The van der Waals surface area contributed by atoms with E-state index in [-0.39, 0.29) is 29.5 Å². The first-order chi connectivity index (χ1) is 18.0. The van der Waals surface area contributed by atoms with Crippen LogP contribution < -0.4 is 9.88 Å². The number of nitrogens with one attached hydrogen (secondary N) is 2. The number of para-hydroxylation sites is 1. The molecule has 0 aliphatic heterocycles. The number of benzene rings is 3. The Morgan fingerprint density at radius 2 is 1.84 bits per heavy atom. The van der Waals surface area contributed by atoms with Crippen molar-refractivity contribution in [3.63, 3.8) is 0 Å². The molecule has 8 nitrogen and oxygen atoms in total. The van der Waals surface area contributed by atoms with E-state index in [0.29, 0.717) is 33.0 Å². The van der Waals surface area contributed by atoms with Gasteiger partial charge in [-0.15, -0.1) is 4.57 Å². The Labute approximate surface area is 217 Å². The predicted molar refractivity (Wildman–Crippen MR) is 139 cm³/mol. The highest BCUT2D eigenvalue weighted by atomic mass is 35.5. The van der Waals surface area contributed by atoms with Gasteiger partial charge in [-0.2, -0.15) is 0 Å². The molecule has 1 amide bonds. The van der Waals surface area contributed by atoms with Gasteiger partial charge in [0.2, 0.25) is 11.2 Å². The number of rotatable bonds is 6. The summed E-state index contributed by atoms with van der Waals surface area (Å²) >= 11 is 6.28. The first kappa shape index (κ1) is 24.0. The average Bonchev–Trinajstić information content (AvgIpc) is 3.47. The molecular weight excluding hydrogens is 492 g/mol. The number of ether oxygens (including phenoxy) is 1. The van der Waals surface area contributed by atoms with Crippen molar-refractivity contribution in [1.82, 2.24) is 15.3 Å². The van der Waals surface area contributed by atoms with Crippen LogP contribution in [-0.2, 0) is 11.3 Å². The molecule has 0 aliphatic carbocycles. The summed E-state index contributed by atoms with van der Waals surface area (Å²) in [6.07, 6.45) is 3.38. The molecule has 9 heteroatoms. The van der Waals surface area contributed by atoms with Crippen molar-refractivity contribution in [3.8, 4) is 22.8 Å². The molecular formula is C28H22ClN4O4+. The molecule has 0 atom stereocenters. The molecule has 0 saturated heterocycles. The smallest absolute Gasteiger partial charge is 0.404 e. The van der Waals surface area contributed by atoms with E-state index in [0.717, 1.165) is 5.56 Å². The predicted octanol–water partition coefficient (Wildman–Crippen LogP) is 4.58. The number of hydrogen-bond donors (Lipinski definition) is 3. The number of carbonyl (C=O) groups excluding carboxylic acids is 2.